The number of nitrogens with zero attached hydrogens (tertiary/aromatic N) is 4. The molecule has 4 rings (SSSR count). The lowest BCUT2D eigenvalue weighted by Crippen LogP contribution is -2.32. The Morgan fingerprint density at radius 2 is 1.83 bits per heavy atom. The average molecular weight is 400 g/mol. The van der Waals surface area contributed by atoms with Crippen molar-refractivity contribution in [3.05, 3.63) is 65.2 Å². The summed E-state index contributed by atoms with van der Waals surface area (Å²) in [5.74, 6) is -0.0646. The molecule has 0 radical (unpaired) electrons. The van der Waals surface area contributed by atoms with Gasteiger partial charge in [-0.05, 0) is 38.0 Å². The van der Waals surface area contributed by atoms with Crippen LogP contribution >= 0.6 is 0 Å². The molecule has 0 fully saturated rings. The Labute approximate surface area is 174 Å². The molecule has 2 aromatic heterocycles. The molecule has 2 aromatic carbocycles. The van der Waals surface area contributed by atoms with E-state index in [2.05, 4.69) is 15.4 Å². The lowest BCUT2D eigenvalue weighted by Gasteiger charge is -2.11. The molecule has 7 nitrogen and oxygen atoms in total. The zero-order chi connectivity index (χ0) is 21.3. The molecule has 30 heavy (non-hydrogen) atoms. The molecule has 0 aliphatic rings. The molecule has 0 unspecified atom stereocenters. The van der Waals surface area contributed by atoms with E-state index in [1.165, 1.54) is 10.2 Å². The van der Waals surface area contributed by atoms with E-state index in [9.17, 15) is 4.79 Å². The lowest BCUT2D eigenvalue weighted by molar-refractivity contribution is 0.0941. The summed E-state index contributed by atoms with van der Waals surface area (Å²) in [6, 6.07) is 15.5. The summed E-state index contributed by atoms with van der Waals surface area (Å²) in [6.07, 6.45) is 2.51. The molecular weight excluding hydrogens is 376 g/mol. The van der Waals surface area contributed by atoms with Crippen LogP contribution in [0, 0.1) is 6.92 Å². The van der Waals surface area contributed by atoms with Crippen LogP contribution in [0.5, 0.6) is 0 Å². The second-order valence-corrected chi connectivity index (χ2v) is 7.39. The van der Waals surface area contributed by atoms with Crippen molar-refractivity contribution in [2.75, 3.05) is 5.73 Å². The van der Waals surface area contributed by atoms with Crippen LogP contribution in [0.1, 0.15) is 41.8 Å². The molecule has 2 heterocycles. The summed E-state index contributed by atoms with van der Waals surface area (Å²) in [6.45, 7) is 5.99. The number of aryl methyl sites for hydroxylation is 1. The number of fused-ring (bicyclic) bond motifs is 2. The van der Waals surface area contributed by atoms with Gasteiger partial charge in [-0.15, -0.1) is 0 Å². The first-order valence-corrected chi connectivity index (χ1v) is 9.96. The Balaban J connectivity index is 1.89. The fourth-order valence-corrected chi connectivity index (χ4v) is 3.16. The normalized spacial score (nSPS) is 12.6. The molecule has 0 spiro atoms. The maximum atomic E-state index is 13.0. The Hall–Kier alpha value is -3.74. The number of nitrogens with one attached hydrogen (secondary N) is 1. The highest BCUT2D eigenvalue weighted by Gasteiger charge is 2.24. The largest absolute Gasteiger partial charge is 0.383 e. The fraction of sp³-hybridized carbons (Fsp3) is 0.217. The van der Waals surface area contributed by atoms with Gasteiger partial charge in [0.25, 0.3) is 5.91 Å². The van der Waals surface area contributed by atoms with Crippen molar-refractivity contribution in [3.8, 4) is 0 Å². The number of anilines is 1. The van der Waals surface area contributed by atoms with Gasteiger partial charge in [-0.25, -0.2) is 9.97 Å². The monoisotopic (exact) mass is 400 g/mol. The fourth-order valence-electron chi connectivity index (χ4n) is 3.16. The third kappa shape index (κ3) is 3.61. The minimum Gasteiger partial charge on any atom is -0.383 e. The molecule has 7 heteroatoms. The SMILES string of the molecule is CC[C@@H](C)NC(=O)c1c(N)n(/N=C\c2ccc(C)cc2)c2nc3ccccc3nc12. The number of para-hydroxylation sites is 2. The van der Waals surface area contributed by atoms with Crippen LogP contribution in [0.25, 0.3) is 22.2 Å². The number of hydrogen-bond donors (Lipinski definition) is 2. The van der Waals surface area contributed by atoms with E-state index in [-0.39, 0.29) is 17.8 Å². The summed E-state index contributed by atoms with van der Waals surface area (Å²) in [7, 11) is 0. The van der Waals surface area contributed by atoms with Gasteiger partial charge < -0.3 is 11.1 Å². The lowest BCUT2D eigenvalue weighted by atomic mass is 10.2. The minimum absolute atomic E-state index is 0.0137. The number of carbonyl (C=O) groups excluding carboxylic acids is 1. The van der Waals surface area contributed by atoms with E-state index < -0.39 is 0 Å². The summed E-state index contributed by atoms with van der Waals surface area (Å²) < 4.78 is 1.49. The van der Waals surface area contributed by atoms with Crippen molar-refractivity contribution < 1.29 is 4.79 Å². The van der Waals surface area contributed by atoms with Crippen molar-refractivity contribution >= 4 is 40.1 Å². The average Bonchev–Trinajstić information content (AvgIpc) is 3.01. The first-order chi connectivity index (χ1) is 14.5. The van der Waals surface area contributed by atoms with Gasteiger partial charge in [0, 0.05) is 6.04 Å². The number of nitrogens with two attached hydrogens (primary N) is 1. The number of aromatic nitrogens is 3. The number of amides is 1. The number of nitrogen functional groups attached to an aromatic ring is 1. The number of carbonyl (C=O) groups is 1. The standard InChI is InChI=1S/C23H24N6O/c1-4-15(3)26-23(30)19-20-22(28-18-8-6-5-7-17(18)27-20)29(21(19)24)25-13-16-11-9-14(2)10-12-16/h5-13,15H,4,24H2,1-3H3,(H,26,30)/b25-13-/t15-/m1/s1. The zero-order valence-electron chi connectivity index (χ0n) is 17.3. The van der Waals surface area contributed by atoms with E-state index in [1.54, 1.807) is 6.21 Å². The highest BCUT2D eigenvalue weighted by Crippen LogP contribution is 2.28. The van der Waals surface area contributed by atoms with Crippen LogP contribution in [-0.4, -0.2) is 32.8 Å². The van der Waals surface area contributed by atoms with Gasteiger partial charge in [0.2, 0.25) is 0 Å². The van der Waals surface area contributed by atoms with Gasteiger partial charge >= 0.3 is 0 Å². The van der Waals surface area contributed by atoms with E-state index >= 15 is 0 Å². The van der Waals surface area contributed by atoms with Gasteiger partial charge in [0.05, 0.1) is 17.2 Å². The summed E-state index contributed by atoms with van der Waals surface area (Å²) >= 11 is 0. The third-order valence-electron chi connectivity index (χ3n) is 5.09. The first kappa shape index (κ1) is 19.6. The minimum atomic E-state index is -0.277. The van der Waals surface area contributed by atoms with E-state index in [1.807, 2.05) is 69.3 Å². The molecule has 3 N–H and O–H groups in total. The van der Waals surface area contributed by atoms with Crippen LogP contribution in [0.2, 0.25) is 0 Å². The van der Waals surface area contributed by atoms with Crippen LogP contribution < -0.4 is 11.1 Å². The molecule has 0 aliphatic heterocycles. The Morgan fingerprint density at radius 1 is 1.17 bits per heavy atom. The predicted molar refractivity (Wildman–Crippen MR) is 121 cm³/mol. The molecular formula is C23H24N6O. The molecule has 0 aliphatic carbocycles. The first-order valence-electron chi connectivity index (χ1n) is 9.96. The molecule has 1 amide bonds. The zero-order valence-corrected chi connectivity index (χ0v) is 17.3. The molecule has 152 valence electrons. The van der Waals surface area contributed by atoms with Gasteiger partial charge in [-0.3, -0.25) is 4.79 Å². The van der Waals surface area contributed by atoms with E-state index in [0.717, 1.165) is 12.0 Å². The molecule has 0 saturated heterocycles. The molecule has 1 atom stereocenters. The van der Waals surface area contributed by atoms with Crippen molar-refractivity contribution in [1.29, 1.82) is 0 Å². The van der Waals surface area contributed by atoms with Gasteiger partial charge in [0.1, 0.15) is 16.9 Å². The topological polar surface area (TPSA) is 98.2 Å². The van der Waals surface area contributed by atoms with Gasteiger partial charge in [-0.2, -0.15) is 9.78 Å². The highest BCUT2D eigenvalue weighted by atomic mass is 16.1. The number of benzene rings is 2. The molecule has 4 aromatic rings. The van der Waals surface area contributed by atoms with Crippen molar-refractivity contribution in [2.45, 2.75) is 33.2 Å². The summed E-state index contributed by atoms with van der Waals surface area (Å²) in [5.41, 5.74) is 11.1. The summed E-state index contributed by atoms with van der Waals surface area (Å²) in [5, 5.41) is 7.50. The van der Waals surface area contributed by atoms with Crippen molar-refractivity contribution in [1.82, 2.24) is 20.0 Å². The quantitative estimate of drug-likeness (QED) is 0.497. The maximum Gasteiger partial charge on any atom is 0.257 e. The van der Waals surface area contributed by atoms with E-state index in [0.29, 0.717) is 27.8 Å². The Morgan fingerprint density at radius 3 is 2.50 bits per heavy atom. The van der Waals surface area contributed by atoms with Crippen LogP contribution in [0.15, 0.2) is 53.6 Å². The van der Waals surface area contributed by atoms with Crippen molar-refractivity contribution in [3.63, 3.8) is 0 Å². The van der Waals surface area contributed by atoms with Crippen LogP contribution in [-0.2, 0) is 0 Å². The Bertz CT molecular complexity index is 1260. The summed E-state index contributed by atoms with van der Waals surface area (Å²) in [4.78, 5) is 22.4. The van der Waals surface area contributed by atoms with E-state index in [4.69, 9.17) is 10.7 Å². The van der Waals surface area contributed by atoms with Crippen LogP contribution in [0.3, 0.4) is 0 Å². The van der Waals surface area contributed by atoms with Crippen LogP contribution in [0.4, 0.5) is 5.82 Å². The Kier molecular flexibility index (Phi) is 5.18. The second kappa shape index (κ2) is 7.94. The second-order valence-electron chi connectivity index (χ2n) is 7.39. The van der Waals surface area contributed by atoms with Gasteiger partial charge in [0.15, 0.2) is 5.65 Å². The highest BCUT2D eigenvalue weighted by molar-refractivity contribution is 6.10. The maximum absolute atomic E-state index is 13.0. The number of rotatable bonds is 5. The predicted octanol–water partition coefficient (Wildman–Crippen LogP) is 3.89. The smallest absolute Gasteiger partial charge is 0.257 e. The van der Waals surface area contributed by atoms with Crippen molar-refractivity contribution in [2.24, 2.45) is 5.10 Å². The molecule has 0 bridgehead atoms. The molecule has 0 saturated carbocycles. The third-order valence-corrected chi connectivity index (χ3v) is 5.09. The van der Waals surface area contributed by atoms with Gasteiger partial charge in [-0.1, -0.05) is 48.9 Å². The number of hydrogen-bond acceptors (Lipinski definition) is 5.